The average Bonchev–Trinajstić information content (AvgIpc) is 3.15. The molecule has 156 valence electrons. The second-order valence-electron chi connectivity index (χ2n) is 7.48. The van der Waals surface area contributed by atoms with Crippen LogP contribution in [0.25, 0.3) is 17.1 Å². The summed E-state index contributed by atoms with van der Waals surface area (Å²) in [6.45, 7) is 5.55. The highest BCUT2D eigenvalue weighted by Gasteiger charge is 2.17. The number of nitrogens with one attached hydrogen (secondary N) is 2. The van der Waals surface area contributed by atoms with E-state index in [0.717, 1.165) is 28.1 Å². The number of H-pyrrole nitrogens is 1. The lowest BCUT2D eigenvalue weighted by atomic mass is 10.0. The topological polar surface area (TPSA) is 92.7 Å². The molecule has 7 heteroatoms. The number of nitrogens with zero attached hydrogens (tertiary/aromatic N) is 3. The predicted octanol–water partition coefficient (Wildman–Crippen LogP) is 3.73. The van der Waals surface area contributed by atoms with Gasteiger partial charge in [-0.3, -0.25) is 14.7 Å². The molecule has 4 rings (SSSR count). The summed E-state index contributed by atoms with van der Waals surface area (Å²) in [6, 6.07) is 21.0. The summed E-state index contributed by atoms with van der Waals surface area (Å²) in [5.41, 5.74) is 4.45. The van der Waals surface area contributed by atoms with Gasteiger partial charge in [-0.25, -0.2) is 9.97 Å². The molecular formula is C24H23N5O2. The number of carbonyl (C=O) groups is 1. The molecule has 0 fully saturated rings. The van der Waals surface area contributed by atoms with Crippen molar-refractivity contribution >= 4 is 5.91 Å². The van der Waals surface area contributed by atoms with Crippen LogP contribution in [0.15, 0.2) is 71.5 Å². The van der Waals surface area contributed by atoms with Crippen LogP contribution in [-0.2, 0) is 0 Å². The molecule has 31 heavy (non-hydrogen) atoms. The van der Waals surface area contributed by atoms with E-state index in [0.29, 0.717) is 0 Å². The summed E-state index contributed by atoms with van der Waals surface area (Å²) in [7, 11) is 0. The van der Waals surface area contributed by atoms with Crippen LogP contribution in [-0.4, -0.2) is 25.7 Å². The third-order valence-corrected chi connectivity index (χ3v) is 5.00. The fraction of sp³-hybridized carbons (Fsp3) is 0.167. The Balaban J connectivity index is 1.50. The van der Waals surface area contributed by atoms with Crippen molar-refractivity contribution in [1.82, 2.24) is 25.1 Å². The smallest absolute Gasteiger partial charge is 0.274 e. The molecule has 0 radical (unpaired) electrons. The molecule has 1 amide bonds. The maximum atomic E-state index is 12.7. The van der Waals surface area contributed by atoms with E-state index in [1.54, 1.807) is 0 Å². The van der Waals surface area contributed by atoms with E-state index in [-0.39, 0.29) is 23.6 Å². The van der Waals surface area contributed by atoms with Gasteiger partial charge in [-0.1, -0.05) is 54.6 Å². The monoisotopic (exact) mass is 413 g/mol. The fourth-order valence-electron chi connectivity index (χ4n) is 3.42. The number of aryl methyl sites for hydroxylation is 2. The van der Waals surface area contributed by atoms with Gasteiger partial charge in [-0.15, -0.1) is 0 Å². The lowest BCUT2D eigenvalue weighted by molar-refractivity contribution is 0.0934. The van der Waals surface area contributed by atoms with Crippen LogP contribution in [0.2, 0.25) is 0 Å². The number of aromatic nitrogens is 4. The van der Waals surface area contributed by atoms with Gasteiger partial charge >= 0.3 is 0 Å². The van der Waals surface area contributed by atoms with E-state index in [1.807, 2.05) is 69.3 Å². The molecule has 0 spiro atoms. The van der Waals surface area contributed by atoms with Gasteiger partial charge in [0.15, 0.2) is 0 Å². The van der Waals surface area contributed by atoms with Crippen LogP contribution in [0, 0.1) is 13.8 Å². The largest absolute Gasteiger partial charge is 0.344 e. The zero-order chi connectivity index (χ0) is 22.0. The summed E-state index contributed by atoms with van der Waals surface area (Å²) in [6.07, 6.45) is 0. The first kappa shape index (κ1) is 20.3. The first-order valence-electron chi connectivity index (χ1n) is 10.0. The van der Waals surface area contributed by atoms with Crippen molar-refractivity contribution in [2.45, 2.75) is 26.8 Å². The highest BCUT2D eigenvalue weighted by molar-refractivity contribution is 5.92. The molecule has 4 aromatic rings. The van der Waals surface area contributed by atoms with Gasteiger partial charge in [0.2, 0.25) is 0 Å². The normalized spacial score (nSPS) is 11.8. The zero-order valence-corrected chi connectivity index (χ0v) is 17.6. The second kappa shape index (κ2) is 8.39. The van der Waals surface area contributed by atoms with Crippen LogP contribution in [0.4, 0.5) is 0 Å². The van der Waals surface area contributed by atoms with Crippen molar-refractivity contribution in [2.75, 3.05) is 0 Å². The van der Waals surface area contributed by atoms with Gasteiger partial charge in [0.05, 0.1) is 6.04 Å². The van der Waals surface area contributed by atoms with E-state index in [2.05, 4.69) is 32.5 Å². The van der Waals surface area contributed by atoms with E-state index in [4.69, 9.17) is 0 Å². The Morgan fingerprint density at radius 2 is 1.55 bits per heavy atom. The first-order chi connectivity index (χ1) is 14.9. The summed E-state index contributed by atoms with van der Waals surface area (Å²) in [5, 5.41) is 5.73. The highest BCUT2D eigenvalue weighted by Crippen LogP contribution is 2.22. The van der Waals surface area contributed by atoms with Gasteiger partial charge in [-0.05, 0) is 43.5 Å². The predicted molar refractivity (Wildman–Crippen MR) is 119 cm³/mol. The van der Waals surface area contributed by atoms with E-state index < -0.39 is 5.56 Å². The number of hydrogen-bond acceptors (Lipinski definition) is 4. The Kier molecular flexibility index (Phi) is 5.49. The third-order valence-electron chi connectivity index (χ3n) is 5.00. The van der Waals surface area contributed by atoms with Crippen molar-refractivity contribution in [3.8, 4) is 17.1 Å². The Hall–Kier alpha value is -4.00. The number of rotatable bonds is 5. The summed E-state index contributed by atoms with van der Waals surface area (Å²) in [5.74, 6) is -0.161. The maximum absolute atomic E-state index is 12.7. The quantitative estimate of drug-likeness (QED) is 0.521. The standard InChI is InChI=1S/C24H23N5O2/c1-15-13-16(2)26-24(25-15)29-22(30)14-21(28-29)23(31)27-17(3)18-9-11-20(12-10-18)19-7-5-4-6-8-19/h4-14,17,28H,1-3H3,(H,27,31)/t17-/m0/s1. The number of hydrogen-bond donors (Lipinski definition) is 2. The Bertz CT molecular complexity index is 1250. The second-order valence-corrected chi connectivity index (χ2v) is 7.48. The van der Waals surface area contributed by atoms with Gasteiger partial charge in [0.1, 0.15) is 5.69 Å². The zero-order valence-electron chi connectivity index (χ0n) is 17.6. The molecule has 0 aliphatic heterocycles. The molecule has 0 unspecified atom stereocenters. The van der Waals surface area contributed by atoms with Crippen LogP contribution < -0.4 is 10.9 Å². The van der Waals surface area contributed by atoms with Gasteiger partial charge in [0, 0.05) is 17.5 Å². The summed E-state index contributed by atoms with van der Waals surface area (Å²) >= 11 is 0. The van der Waals surface area contributed by atoms with E-state index in [9.17, 15) is 9.59 Å². The van der Waals surface area contributed by atoms with E-state index >= 15 is 0 Å². The van der Waals surface area contributed by atoms with Crippen molar-refractivity contribution in [3.63, 3.8) is 0 Å². The molecule has 2 aromatic carbocycles. The molecule has 0 saturated carbocycles. The van der Waals surface area contributed by atoms with Crippen LogP contribution in [0.1, 0.15) is 40.4 Å². The summed E-state index contributed by atoms with van der Waals surface area (Å²) < 4.78 is 1.17. The fourth-order valence-corrected chi connectivity index (χ4v) is 3.42. The molecule has 1 atom stereocenters. The number of aromatic amines is 1. The molecule has 2 heterocycles. The molecule has 7 nitrogen and oxygen atoms in total. The van der Waals surface area contributed by atoms with Gasteiger partial charge in [-0.2, -0.15) is 4.68 Å². The maximum Gasteiger partial charge on any atom is 0.274 e. The number of amides is 1. The Morgan fingerprint density at radius 3 is 2.19 bits per heavy atom. The van der Waals surface area contributed by atoms with Crippen molar-refractivity contribution in [2.24, 2.45) is 0 Å². The Morgan fingerprint density at radius 1 is 0.935 bits per heavy atom. The van der Waals surface area contributed by atoms with Crippen molar-refractivity contribution in [3.05, 3.63) is 99.7 Å². The minimum atomic E-state index is -0.394. The SMILES string of the molecule is Cc1cc(C)nc(-n2[nH]c(C(=O)N[C@@H](C)c3ccc(-c4ccccc4)cc3)cc2=O)n1. The van der Waals surface area contributed by atoms with Crippen LogP contribution in [0.5, 0.6) is 0 Å². The molecule has 0 saturated heterocycles. The minimum Gasteiger partial charge on any atom is -0.344 e. The third kappa shape index (κ3) is 4.45. The molecule has 0 aliphatic rings. The molecule has 0 aliphatic carbocycles. The number of benzene rings is 2. The molecule has 2 N–H and O–H groups in total. The van der Waals surface area contributed by atoms with Crippen LogP contribution >= 0.6 is 0 Å². The average molecular weight is 413 g/mol. The highest BCUT2D eigenvalue weighted by atomic mass is 16.2. The first-order valence-corrected chi connectivity index (χ1v) is 10.0. The number of carbonyl (C=O) groups excluding carboxylic acids is 1. The minimum absolute atomic E-state index is 0.153. The van der Waals surface area contributed by atoms with Gasteiger partial charge in [0.25, 0.3) is 17.4 Å². The van der Waals surface area contributed by atoms with Crippen molar-refractivity contribution < 1.29 is 4.79 Å². The molecule has 2 aromatic heterocycles. The molecule has 0 bridgehead atoms. The van der Waals surface area contributed by atoms with E-state index in [1.165, 1.54) is 10.7 Å². The van der Waals surface area contributed by atoms with Gasteiger partial charge < -0.3 is 5.32 Å². The van der Waals surface area contributed by atoms with Crippen LogP contribution in [0.3, 0.4) is 0 Å². The van der Waals surface area contributed by atoms with Crippen molar-refractivity contribution in [1.29, 1.82) is 0 Å². The Labute approximate surface area is 179 Å². The summed E-state index contributed by atoms with van der Waals surface area (Å²) in [4.78, 5) is 33.6. The lowest BCUT2D eigenvalue weighted by Crippen LogP contribution is -2.27. The molecular weight excluding hydrogens is 390 g/mol. The lowest BCUT2D eigenvalue weighted by Gasteiger charge is -2.14.